The second kappa shape index (κ2) is 7.75. The number of hydrogen-bond acceptors (Lipinski definition) is 6. The van der Waals surface area contributed by atoms with Crippen LogP contribution in [0.2, 0.25) is 0 Å². The molecule has 2 aromatic carbocycles. The molecule has 0 unspecified atom stereocenters. The Balaban J connectivity index is 1.34. The van der Waals surface area contributed by atoms with Crippen molar-refractivity contribution in [3.8, 4) is 17.1 Å². The van der Waals surface area contributed by atoms with Gasteiger partial charge in [-0.15, -0.1) is 0 Å². The van der Waals surface area contributed by atoms with Gasteiger partial charge in [0.05, 0.1) is 5.69 Å². The maximum Gasteiger partial charge on any atom is 0.265 e. The number of rotatable bonds is 5. The predicted octanol–water partition coefficient (Wildman–Crippen LogP) is 3.34. The van der Waals surface area contributed by atoms with Crippen molar-refractivity contribution in [1.82, 2.24) is 10.1 Å². The van der Waals surface area contributed by atoms with E-state index < -0.39 is 6.10 Å². The summed E-state index contributed by atoms with van der Waals surface area (Å²) in [5, 5.41) is 9.52. The zero-order valence-electron chi connectivity index (χ0n) is 16.1. The molecule has 2 amide bonds. The highest BCUT2D eigenvalue weighted by molar-refractivity contribution is 5.99. The first kappa shape index (κ1) is 18.7. The fourth-order valence-electron chi connectivity index (χ4n) is 2.91. The molecule has 3 aromatic rings. The number of hydrogen-bond donors (Lipinski definition) is 2. The zero-order chi connectivity index (χ0) is 20.4. The van der Waals surface area contributed by atoms with Crippen molar-refractivity contribution < 1.29 is 18.8 Å². The van der Waals surface area contributed by atoms with Gasteiger partial charge in [0, 0.05) is 24.1 Å². The van der Waals surface area contributed by atoms with Gasteiger partial charge in [-0.1, -0.05) is 35.0 Å². The van der Waals surface area contributed by atoms with E-state index in [4.69, 9.17) is 9.26 Å². The van der Waals surface area contributed by atoms with E-state index in [0.717, 1.165) is 11.1 Å². The highest BCUT2D eigenvalue weighted by atomic mass is 16.5. The molecule has 0 bridgehead atoms. The van der Waals surface area contributed by atoms with Gasteiger partial charge in [0.2, 0.25) is 17.6 Å². The number of anilines is 2. The first-order valence-corrected chi connectivity index (χ1v) is 9.29. The molecule has 0 radical (unpaired) electrons. The summed E-state index contributed by atoms with van der Waals surface area (Å²) in [6, 6.07) is 12.9. The van der Waals surface area contributed by atoms with Crippen LogP contribution in [0.15, 0.2) is 47.0 Å². The number of carbonyl (C=O) groups is 2. The van der Waals surface area contributed by atoms with Gasteiger partial charge in [0.25, 0.3) is 5.91 Å². The van der Waals surface area contributed by atoms with Crippen molar-refractivity contribution in [2.24, 2.45) is 0 Å². The highest BCUT2D eigenvalue weighted by Gasteiger charge is 2.23. The van der Waals surface area contributed by atoms with Crippen molar-refractivity contribution in [3.63, 3.8) is 0 Å². The van der Waals surface area contributed by atoms with Crippen LogP contribution in [0.25, 0.3) is 11.4 Å². The van der Waals surface area contributed by atoms with Crippen molar-refractivity contribution in [3.05, 3.63) is 53.9 Å². The van der Waals surface area contributed by atoms with Crippen LogP contribution in [-0.4, -0.2) is 28.1 Å². The van der Waals surface area contributed by atoms with Gasteiger partial charge >= 0.3 is 0 Å². The maximum absolute atomic E-state index is 12.3. The van der Waals surface area contributed by atoms with Gasteiger partial charge in [0.15, 0.2) is 6.10 Å². The molecule has 0 spiro atoms. The van der Waals surface area contributed by atoms with E-state index in [0.29, 0.717) is 35.3 Å². The quantitative estimate of drug-likeness (QED) is 0.690. The first-order valence-electron chi connectivity index (χ1n) is 9.29. The minimum Gasteiger partial charge on any atom is -0.479 e. The lowest BCUT2D eigenvalue weighted by Crippen LogP contribution is -2.34. The minimum absolute atomic E-state index is 0.187. The molecule has 0 fully saturated rings. The van der Waals surface area contributed by atoms with Gasteiger partial charge in [-0.25, -0.2) is 0 Å². The Hall–Kier alpha value is -3.68. The molecule has 1 aromatic heterocycles. The second-order valence-electron chi connectivity index (χ2n) is 6.89. The molecule has 2 N–H and O–H groups in total. The summed E-state index contributed by atoms with van der Waals surface area (Å²) in [5.74, 6) is 1.05. The summed E-state index contributed by atoms with van der Waals surface area (Å²) < 4.78 is 10.7. The Labute approximate surface area is 167 Å². The van der Waals surface area contributed by atoms with Crippen molar-refractivity contribution in [2.75, 3.05) is 10.6 Å². The molecule has 0 aliphatic carbocycles. The van der Waals surface area contributed by atoms with Crippen LogP contribution in [-0.2, 0) is 16.0 Å². The third kappa shape index (κ3) is 4.26. The van der Waals surface area contributed by atoms with E-state index in [-0.39, 0.29) is 18.2 Å². The number of nitrogens with zero attached hydrogens (tertiary/aromatic N) is 2. The first-order chi connectivity index (χ1) is 14.0. The Morgan fingerprint density at radius 1 is 1.21 bits per heavy atom. The fraction of sp³-hybridized carbons (Fsp3) is 0.238. The zero-order valence-corrected chi connectivity index (χ0v) is 16.1. The van der Waals surface area contributed by atoms with E-state index in [1.165, 1.54) is 0 Å². The SMILES string of the molecule is Cc1ccc(-c2noc(CCC(=O)Nc3ccc4c(c3)NC(=O)[C@@H](C)O4)n2)cc1. The van der Waals surface area contributed by atoms with Crippen molar-refractivity contribution >= 4 is 23.2 Å². The number of amides is 2. The summed E-state index contributed by atoms with van der Waals surface area (Å²) in [5.41, 5.74) is 3.11. The molecule has 4 rings (SSSR count). The maximum atomic E-state index is 12.3. The third-order valence-corrected chi connectivity index (χ3v) is 4.54. The Kier molecular flexibility index (Phi) is 4.99. The Morgan fingerprint density at radius 2 is 2.00 bits per heavy atom. The normalized spacial score (nSPS) is 15.2. The lowest BCUT2D eigenvalue weighted by molar-refractivity contribution is -0.122. The molecular formula is C21H20N4O4. The van der Waals surface area contributed by atoms with Gasteiger partial charge in [-0.2, -0.15) is 4.98 Å². The fourth-order valence-corrected chi connectivity index (χ4v) is 2.91. The molecule has 1 aliphatic heterocycles. The molecule has 8 nitrogen and oxygen atoms in total. The molecule has 1 atom stereocenters. The standard InChI is InChI=1S/C21H20N4O4/c1-12-3-5-14(6-4-12)20-24-19(29-25-20)10-9-18(26)22-15-7-8-17-16(11-15)23-21(27)13(2)28-17/h3-8,11,13H,9-10H2,1-2H3,(H,22,26)(H,23,27)/t13-/m1/s1. The molecular weight excluding hydrogens is 372 g/mol. The third-order valence-electron chi connectivity index (χ3n) is 4.54. The van der Waals surface area contributed by atoms with Gasteiger partial charge < -0.3 is 19.9 Å². The number of benzene rings is 2. The summed E-state index contributed by atoms with van der Waals surface area (Å²) in [4.78, 5) is 28.3. The Bertz CT molecular complexity index is 1060. The van der Waals surface area contributed by atoms with E-state index in [1.807, 2.05) is 31.2 Å². The van der Waals surface area contributed by atoms with E-state index >= 15 is 0 Å². The van der Waals surface area contributed by atoms with Crippen LogP contribution in [0.5, 0.6) is 5.75 Å². The number of nitrogens with one attached hydrogen (secondary N) is 2. The number of ether oxygens (including phenoxy) is 1. The van der Waals surface area contributed by atoms with Crippen LogP contribution in [0.3, 0.4) is 0 Å². The largest absolute Gasteiger partial charge is 0.479 e. The molecule has 29 heavy (non-hydrogen) atoms. The van der Waals surface area contributed by atoms with Crippen molar-refractivity contribution in [1.29, 1.82) is 0 Å². The van der Waals surface area contributed by atoms with Crippen LogP contribution < -0.4 is 15.4 Å². The lowest BCUT2D eigenvalue weighted by Gasteiger charge is -2.23. The van der Waals surface area contributed by atoms with E-state index in [1.54, 1.807) is 25.1 Å². The van der Waals surface area contributed by atoms with Crippen LogP contribution >= 0.6 is 0 Å². The number of fused-ring (bicyclic) bond motifs is 1. The molecule has 8 heteroatoms. The summed E-state index contributed by atoms with van der Waals surface area (Å²) in [7, 11) is 0. The van der Waals surface area contributed by atoms with Gasteiger partial charge in [-0.05, 0) is 32.0 Å². The van der Waals surface area contributed by atoms with Gasteiger partial charge in [0.1, 0.15) is 5.75 Å². The van der Waals surface area contributed by atoms with Crippen molar-refractivity contribution in [2.45, 2.75) is 32.8 Å². The molecule has 2 heterocycles. The number of aromatic nitrogens is 2. The average Bonchev–Trinajstić information content (AvgIpc) is 3.17. The predicted molar refractivity (Wildman–Crippen MR) is 107 cm³/mol. The van der Waals surface area contributed by atoms with E-state index in [9.17, 15) is 9.59 Å². The highest BCUT2D eigenvalue weighted by Crippen LogP contribution is 2.32. The molecule has 148 valence electrons. The van der Waals surface area contributed by atoms with E-state index in [2.05, 4.69) is 20.8 Å². The van der Waals surface area contributed by atoms with Crippen LogP contribution in [0, 0.1) is 6.92 Å². The molecule has 0 saturated heterocycles. The number of carbonyl (C=O) groups excluding carboxylic acids is 2. The lowest BCUT2D eigenvalue weighted by atomic mass is 10.1. The van der Waals surface area contributed by atoms with Crippen LogP contribution in [0.4, 0.5) is 11.4 Å². The topological polar surface area (TPSA) is 106 Å². The smallest absolute Gasteiger partial charge is 0.265 e. The summed E-state index contributed by atoms with van der Waals surface area (Å²) >= 11 is 0. The molecule has 1 aliphatic rings. The van der Waals surface area contributed by atoms with Gasteiger partial charge in [-0.3, -0.25) is 9.59 Å². The summed E-state index contributed by atoms with van der Waals surface area (Å²) in [6.45, 7) is 3.68. The average molecular weight is 392 g/mol. The minimum atomic E-state index is -0.540. The molecule has 0 saturated carbocycles. The second-order valence-corrected chi connectivity index (χ2v) is 6.89. The Morgan fingerprint density at radius 3 is 2.79 bits per heavy atom. The number of aryl methyl sites for hydroxylation is 2. The monoisotopic (exact) mass is 392 g/mol. The summed E-state index contributed by atoms with van der Waals surface area (Å²) in [6.07, 6.45) is -0.0263. The van der Waals surface area contributed by atoms with Crippen LogP contribution in [0.1, 0.15) is 24.8 Å².